The van der Waals surface area contributed by atoms with E-state index in [2.05, 4.69) is 45.2 Å². The molecule has 2 aromatic rings. The number of carbonyl (C=O) groups is 6. The Morgan fingerprint density at radius 3 is 1.71 bits per heavy atom. The number of ether oxygens (including phenoxy) is 7. The van der Waals surface area contributed by atoms with Crippen LogP contribution in [0.25, 0.3) is 11.1 Å². The van der Waals surface area contributed by atoms with Gasteiger partial charge in [-0.15, -0.1) is 0 Å². The van der Waals surface area contributed by atoms with Gasteiger partial charge >= 0.3 is 35.8 Å². The number of hydrogen-bond donors (Lipinski definition) is 0. The lowest BCUT2D eigenvalue weighted by molar-refractivity contribution is -0.178. The van der Waals surface area contributed by atoms with Gasteiger partial charge < -0.3 is 33.2 Å². The highest BCUT2D eigenvalue weighted by molar-refractivity contribution is 6.30. The Morgan fingerprint density at radius 1 is 0.627 bits per heavy atom. The average molecular weight is 821 g/mol. The van der Waals surface area contributed by atoms with Crippen molar-refractivity contribution >= 4 is 35.8 Å². The van der Waals surface area contributed by atoms with Gasteiger partial charge in [-0.25, -0.2) is 28.8 Å². The first-order valence-electron chi connectivity index (χ1n) is 20.4. The van der Waals surface area contributed by atoms with Crippen LogP contribution in [-0.2, 0) is 58.9 Å². The first-order chi connectivity index (χ1) is 28.2. The van der Waals surface area contributed by atoms with Crippen LogP contribution in [0.5, 0.6) is 11.5 Å². The van der Waals surface area contributed by atoms with E-state index in [0.29, 0.717) is 5.92 Å². The molecule has 0 unspecified atom stereocenters. The molecule has 0 bridgehead atoms. The maximum absolute atomic E-state index is 12.9. The number of hydrogen-bond acceptors (Lipinski definition) is 13. The zero-order valence-corrected chi connectivity index (χ0v) is 35.4. The van der Waals surface area contributed by atoms with Crippen molar-refractivity contribution in [2.75, 3.05) is 39.6 Å². The molecule has 13 heteroatoms. The van der Waals surface area contributed by atoms with E-state index in [1.54, 1.807) is 18.2 Å². The minimum atomic E-state index is -1.75. The van der Waals surface area contributed by atoms with Gasteiger partial charge in [0.25, 0.3) is 0 Å². The molecule has 13 nitrogen and oxygen atoms in total. The summed E-state index contributed by atoms with van der Waals surface area (Å²) in [6, 6.07) is 11.6. The maximum atomic E-state index is 12.9. The zero-order chi connectivity index (χ0) is 43.5. The van der Waals surface area contributed by atoms with Gasteiger partial charge in [0, 0.05) is 11.1 Å². The number of rotatable bonds is 21. The predicted octanol–water partition coefficient (Wildman–Crippen LogP) is 7.95. The summed E-state index contributed by atoms with van der Waals surface area (Å²) < 4.78 is 37.3. The SMILES string of the molecule is C=C(C)C(=O)OCC(COC(=O)C(=O)OCC)(COC(=O)C(=O)OCC)COc1ccc(-c2ccc(C3CCC(CCCCC)CC3)cc2CC)cc1OC(=O)C(=C)C. The Morgan fingerprint density at radius 2 is 1.19 bits per heavy atom. The van der Waals surface area contributed by atoms with Crippen molar-refractivity contribution < 1.29 is 61.9 Å². The van der Waals surface area contributed by atoms with Crippen molar-refractivity contribution in [2.45, 2.75) is 105 Å². The maximum Gasteiger partial charge on any atom is 0.417 e. The molecule has 0 radical (unpaired) electrons. The largest absolute Gasteiger partial charge is 0.489 e. The Hall–Kier alpha value is -5.46. The van der Waals surface area contributed by atoms with E-state index in [-0.39, 0.29) is 35.9 Å². The molecule has 0 saturated heterocycles. The fourth-order valence-corrected chi connectivity index (χ4v) is 6.73. The average Bonchev–Trinajstić information content (AvgIpc) is 3.23. The topological polar surface area (TPSA) is 167 Å². The molecule has 3 rings (SSSR count). The molecular formula is C46H60O13. The van der Waals surface area contributed by atoms with Crippen LogP contribution in [-0.4, -0.2) is 75.5 Å². The second-order valence-corrected chi connectivity index (χ2v) is 15.1. The molecule has 0 aliphatic heterocycles. The quantitative estimate of drug-likeness (QED) is 0.0298. The van der Waals surface area contributed by atoms with Gasteiger partial charge in [-0.1, -0.05) is 77.0 Å². The van der Waals surface area contributed by atoms with Crippen LogP contribution in [0.2, 0.25) is 0 Å². The van der Waals surface area contributed by atoms with Gasteiger partial charge in [-0.05, 0) is 106 Å². The summed E-state index contributed by atoms with van der Waals surface area (Å²) in [6.07, 6.45) is 10.7. The monoisotopic (exact) mass is 820 g/mol. The number of benzene rings is 2. The molecule has 0 spiro atoms. The summed E-state index contributed by atoms with van der Waals surface area (Å²) in [4.78, 5) is 74.9. The summed E-state index contributed by atoms with van der Waals surface area (Å²) in [5.41, 5.74) is 2.55. The summed E-state index contributed by atoms with van der Waals surface area (Å²) in [5.74, 6) is -5.55. The molecule has 322 valence electrons. The van der Waals surface area contributed by atoms with E-state index in [9.17, 15) is 28.8 Å². The molecule has 0 N–H and O–H groups in total. The molecule has 2 aromatic carbocycles. The Kier molecular flexibility index (Phi) is 19.3. The minimum Gasteiger partial charge on any atom is -0.489 e. The van der Waals surface area contributed by atoms with Crippen molar-refractivity contribution in [1.29, 1.82) is 0 Å². The van der Waals surface area contributed by atoms with Gasteiger partial charge in [0.05, 0.1) is 13.2 Å². The van der Waals surface area contributed by atoms with Crippen LogP contribution in [0.1, 0.15) is 110 Å². The minimum absolute atomic E-state index is 0.0166. The molecule has 1 saturated carbocycles. The normalized spacial score (nSPS) is 14.9. The van der Waals surface area contributed by atoms with E-state index >= 15 is 0 Å². The molecule has 1 aliphatic carbocycles. The Bertz CT molecular complexity index is 1780. The third-order valence-electron chi connectivity index (χ3n) is 10.1. The molecular weight excluding hydrogens is 760 g/mol. The van der Waals surface area contributed by atoms with Crippen LogP contribution >= 0.6 is 0 Å². The standard InChI is InChI=1S/C46H60O13/c1-9-13-14-15-32-16-18-34(19-17-32)35-20-22-37(33(10-2)24-35)36-21-23-38(39(25-36)59-41(48)31(7)8)55-26-46(27-56-40(47)30(5)6,28-57-44(51)42(49)53-11-3)29-58-45(52)43(50)54-12-4/h20-25,32,34H,5,7,9-19,26-29H2,1-4,6,8H3. The number of unbranched alkanes of at least 4 members (excludes halogenated alkanes) is 2. The van der Waals surface area contributed by atoms with Crippen LogP contribution < -0.4 is 9.47 Å². The molecule has 1 aliphatic rings. The third-order valence-corrected chi connectivity index (χ3v) is 10.1. The smallest absolute Gasteiger partial charge is 0.417 e. The molecule has 0 atom stereocenters. The fraction of sp³-hybridized carbons (Fsp3) is 0.522. The van der Waals surface area contributed by atoms with E-state index in [1.165, 1.54) is 84.6 Å². The second kappa shape index (κ2) is 23.8. The number of carbonyl (C=O) groups excluding carboxylic acids is 6. The lowest BCUT2D eigenvalue weighted by Gasteiger charge is -2.32. The first kappa shape index (κ1) is 47.9. The van der Waals surface area contributed by atoms with Crippen LogP contribution in [0.4, 0.5) is 0 Å². The van der Waals surface area contributed by atoms with Gasteiger partial charge in [0.15, 0.2) is 11.5 Å². The number of aryl methyl sites for hydroxylation is 1. The van der Waals surface area contributed by atoms with Gasteiger partial charge in [-0.2, -0.15) is 0 Å². The van der Waals surface area contributed by atoms with Crippen LogP contribution in [0.15, 0.2) is 60.7 Å². The van der Waals surface area contributed by atoms with Crippen molar-refractivity contribution in [3.63, 3.8) is 0 Å². The summed E-state index contributed by atoms with van der Waals surface area (Å²) in [6.45, 7) is 14.7. The fourth-order valence-electron chi connectivity index (χ4n) is 6.73. The molecule has 59 heavy (non-hydrogen) atoms. The van der Waals surface area contributed by atoms with E-state index < -0.39 is 67.7 Å². The second-order valence-electron chi connectivity index (χ2n) is 15.1. The van der Waals surface area contributed by atoms with Gasteiger partial charge in [0.1, 0.15) is 31.8 Å². The third kappa shape index (κ3) is 14.7. The summed E-state index contributed by atoms with van der Waals surface area (Å²) in [5, 5.41) is 0. The van der Waals surface area contributed by atoms with Crippen molar-refractivity contribution in [2.24, 2.45) is 11.3 Å². The van der Waals surface area contributed by atoms with Crippen LogP contribution in [0.3, 0.4) is 0 Å². The van der Waals surface area contributed by atoms with Crippen molar-refractivity contribution in [3.8, 4) is 22.6 Å². The Balaban J connectivity index is 2.00. The van der Waals surface area contributed by atoms with E-state index in [4.69, 9.17) is 33.2 Å². The predicted molar refractivity (Wildman–Crippen MR) is 219 cm³/mol. The highest BCUT2D eigenvalue weighted by Gasteiger charge is 2.39. The van der Waals surface area contributed by atoms with E-state index in [1.807, 2.05) is 0 Å². The van der Waals surface area contributed by atoms with Gasteiger partial charge in [0.2, 0.25) is 0 Å². The first-order valence-corrected chi connectivity index (χ1v) is 20.4. The van der Waals surface area contributed by atoms with Crippen molar-refractivity contribution in [1.82, 2.24) is 0 Å². The zero-order valence-electron chi connectivity index (χ0n) is 35.4. The summed E-state index contributed by atoms with van der Waals surface area (Å²) >= 11 is 0. The number of esters is 6. The lowest BCUT2D eigenvalue weighted by Crippen LogP contribution is -2.45. The van der Waals surface area contributed by atoms with Crippen molar-refractivity contribution in [3.05, 3.63) is 71.8 Å². The Labute approximate surface area is 347 Å². The molecule has 0 aromatic heterocycles. The van der Waals surface area contributed by atoms with Gasteiger partial charge in [-0.3, -0.25) is 0 Å². The highest BCUT2D eigenvalue weighted by atomic mass is 16.6. The molecule has 0 heterocycles. The summed E-state index contributed by atoms with van der Waals surface area (Å²) in [7, 11) is 0. The van der Waals surface area contributed by atoms with Crippen LogP contribution in [0, 0.1) is 11.3 Å². The molecule has 0 amide bonds. The lowest BCUT2D eigenvalue weighted by atomic mass is 9.76. The molecule has 1 fully saturated rings. The highest BCUT2D eigenvalue weighted by Crippen LogP contribution is 2.41. The van der Waals surface area contributed by atoms with E-state index in [0.717, 1.165) is 29.0 Å².